The summed E-state index contributed by atoms with van der Waals surface area (Å²) >= 11 is 0. The first-order valence-electron chi connectivity index (χ1n) is 23.5. The maximum absolute atomic E-state index is 15.5. The van der Waals surface area contributed by atoms with E-state index in [4.69, 9.17) is 19.2 Å². The van der Waals surface area contributed by atoms with Crippen molar-refractivity contribution >= 4 is 44.6 Å². The van der Waals surface area contributed by atoms with Gasteiger partial charge in [0.15, 0.2) is 0 Å². The molecule has 1 aromatic carbocycles. The monoisotopic (exact) mass is 926 g/mol. The molecule has 0 bridgehead atoms. The van der Waals surface area contributed by atoms with Crippen LogP contribution in [-0.2, 0) is 24.4 Å². The molecule has 0 radical (unpaired) electrons. The Morgan fingerprint density at radius 1 is 1.03 bits per heavy atom. The maximum atomic E-state index is 15.5. The van der Waals surface area contributed by atoms with Crippen molar-refractivity contribution in [2.75, 3.05) is 13.7 Å². The Bertz CT molecular complexity index is 2540. The van der Waals surface area contributed by atoms with Crippen molar-refractivity contribution in [1.82, 2.24) is 29.8 Å². The highest BCUT2D eigenvalue weighted by atomic mass is 32.2. The quantitative estimate of drug-likeness (QED) is 0.177. The lowest BCUT2D eigenvalue weighted by Gasteiger charge is -2.40. The van der Waals surface area contributed by atoms with E-state index < -0.39 is 74.1 Å². The van der Waals surface area contributed by atoms with Gasteiger partial charge in [0.2, 0.25) is 33.6 Å². The predicted octanol–water partition coefficient (Wildman–Crippen LogP) is 6.47. The van der Waals surface area contributed by atoms with E-state index in [9.17, 15) is 27.9 Å². The van der Waals surface area contributed by atoms with Crippen molar-refractivity contribution in [3.8, 4) is 28.8 Å². The number of carboxylic acid groups (broad SMARTS) is 1. The summed E-state index contributed by atoms with van der Waals surface area (Å²) in [7, 11) is -2.47. The van der Waals surface area contributed by atoms with Gasteiger partial charge in [-0.1, -0.05) is 26.0 Å². The molecule has 0 spiro atoms. The minimum Gasteiger partial charge on any atom is -0.497 e. The van der Waals surface area contributed by atoms with Crippen molar-refractivity contribution in [2.24, 2.45) is 29.6 Å². The fourth-order valence-electron chi connectivity index (χ4n) is 10.8. The topological polar surface area (TPSA) is 207 Å². The molecule has 354 valence electrons. The number of allylic oxidation sites excluding steroid dienone is 1. The molecule has 2 aromatic heterocycles. The zero-order chi connectivity index (χ0) is 46.9. The number of nitrogens with one attached hydrogen (secondary N) is 2. The number of nitrogens with zero attached hydrogens (tertiary/aromatic N) is 4. The molecular formula is C49H62N6O10S. The molecule has 5 fully saturated rings. The molecule has 3 aromatic rings. The zero-order valence-electron chi connectivity index (χ0n) is 38.6. The number of rotatable bonds is 11. The highest BCUT2D eigenvalue weighted by Crippen LogP contribution is 2.54. The van der Waals surface area contributed by atoms with Crippen LogP contribution in [0.5, 0.6) is 17.5 Å². The molecule has 66 heavy (non-hydrogen) atoms. The van der Waals surface area contributed by atoms with Gasteiger partial charge >= 0.3 is 6.09 Å². The summed E-state index contributed by atoms with van der Waals surface area (Å²) in [6.45, 7) is 9.37. The Kier molecular flexibility index (Phi) is 12.0. The molecule has 1 saturated heterocycles. The predicted molar refractivity (Wildman–Crippen MR) is 245 cm³/mol. The van der Waals surface area contributed by atoms with E-state index in [0.29, 0.717) is 78.6 Å². The van der Waals surface area contributed by atoms with Gasteiger partial charge in [-0.2, -0.15) is 0 Å². The van der Waals surface area contributed by atoms with Crippen LogP contribution < -0.4 is 24.2 Å². The van der Waals surface area contributed by atoms with E-state index >= 15 is 4.79 Å². The molecule has 3 N–H and O–H groups in total. The number of methoxy groups -OCH3 is 1. The average molecular weight is 927 g/mol. The van der Waals surface area contributed by atoms with Gasteiger partial charge in [-0.3, -0.25) is 24.0 Å². The summed E-state index contributed by atoms with van der Waals surface area (Å²) in [6, 6.07) is 8.37. The lowest BCUT2D eigenvalue weighted by Crippen LogP contribution is -2.61. The normalized spacial score (nSPS) is 31.9. The number of pyridine rings is 2. The summed E-state index contributed by atoms with van der Waals surface area (Å²) in [4.78, 5) is 70.4. The Balaban J connectivity index is 1.09. The number of amides is 4. The zero-order valence-corrected chi connectivity index (χ0v) is 39.4. The Hall–Kier alpha value is -5.45. The van der Waals surface area contributed by atoms with Gasteiger partial charge < -0.3 is 29.5 Å². The molecular weight excluding hydrogens is 865 g/mol. The first-order chi connectivity index (χ1) is 31.4. The molecule has 10 atom stereocenters. The van der Waals surface area contributed by atoms with Crippen LogP contribution in [0.1, 0.15) is 98.8 Å². The van der Waals surface area contributed by atoms with Gasteiger partial charge in [0.25, 0.3) is 5.91 Å². The maximum Gasteiger partial charge on any atom is 0.408 e. The summed E-state index contributed by atoms with van der Waals surface area (Å²) in [5.41, 5.74) is -0.347. The first kappa shape index (κ1) is 45.7. The summed E-state index contributed by atoms with van der Waals surface area (Å²) in [5, 5.41) is 15.3. The average Bonchev–Trinajstić information content (AvgIpc) is 4.23. The number of sulfonamides is 1. The standard InChI is InChI=1S/C49H62N6O10S/c1-27(2)64-41-14-11-30(25-50-41)39-22-33-21-36(63-6)12-13-38(33)44(51-39)65-37-23-40-43(56)52-49(46(58)53-66(61,62)48(5)15-16-48)24-34(49)10-8-7-9-28(3)17-29(4)42(45(57)54(40)26-37)55(47(59)60)35-19-31-18-32(31)20-35/h8,10-14,21-22,25,27-29,31-32,34-35,37,40,42H,7,9,15-20,23-24,26H2,1-6H3,(H,52,56)(H,53,58)(H,59,60)/b10-8-/t28-,29+,31-,32?,34+,35?,37+,40-,42-,49+/m0/s1. The van der Waals surface area contributed by atoms with Crippen LogP contribution in [0.3, 0.4) is 0 Å². The highest BCUT2D eigenvalue weighted by Gasteiger charge is 2.63. The third-order valence-corrected chi connectivity index (χ3v) is 17.2. The second-order valence-electron chi connectivity index (χ2n) is 20.4. The summed E-state index contributed by atoms with van der Waals surface area (Å²) in [6.07, 6.45) is 8.87. The summed E-state index contributed by atoms with van der Waals surface area (Å²) in [5.74, 6) is -0.544. The SMILES string of the molecule is COc1ccc2c(O[C@@H]3C[C@H]4C(=O)N[C@]5(C(=O)NS(=O)(=O)C6(C)CC6)C[C@H]5/C=C\CC[C@H](C)C[C@@H](C)[C@H](N(C(=O)O)C5CC6C[C@H]6C5)C(=O)N4C3)nc(-c3ccc(OC(C)C)nc3)cc2c1. The molecule has 9 rings (SSSR count). The van der Waals surface area contributed by atoms with Crippen LogP contribution in [0, 0.1) is 29.6 Å². The van der Waals surface area contributed by atoms with Crippen LogP contribution in [0.2, 0.25) is 0 Å². The van der Waals surface area contributed by atoms with Crippen molar-refractivity contribution in [3.05, 3.63) is 54.7 Å². The number of carbonyl (C=O) groups is 4. The molecule has 6 aliphatic rings. The molecule has 2 aliphatic heterocycles. The van der Waals surface area contributed by atoms with Gasteiger partial charge in [-0.25, -0.2) is 23.2 Å². The van der Waals surface area contributed by atoms with E-state index in [0.717, 1.165) is 18.2 Å². The summed E-state index contributed by atoms with van der Waals surface area (Å²) < 4.78 is 46.2. The van der Waals surface area contributed by atoms with E-state index in [1.54, 1.807) is 32.4 Å². The van der Waals surface area contributed by atoms with Gasteiger partial charge in [-0.05, 0) is 138 Å². The Morgan fingerprint density at radius 3 is 2.45 bits per heavy atom. The van der Waals surface area contributed by atoms with E-state index in [-0.39, 0.29) is 43.3 Å². The van der Waals surface area contributed by atoms with Crippen molar-refractivity contribution in [3.63, 3.8) is 0 Å². The molecule has 16 nitrogen and oxygen atoms in total. The third-order valence-electron chi connectivity index (χ3n) is 15.0. The van der Waals surface area contributed by atoms with Crippen LogP contribution in [0.25, 0.3) is 22.0 Å². The van der Waals surface area contributed by atoms with Crippen LogP contribution >= 0.6 is 0 Å². The van der Waals surface area contributed by atoms with Crippen LogP contribution in [-0.4, -0.2) is 111 Å². The van der Waals surface area contributed by atoms with Gasteiger partial charge in [0.05, 0.1) is 30.2 Å². The number of aromatic nitrogens is 2. The largest absolute Gasteiger partial charge is 0.497 e. The fourth-order valence-corrected chi connectivity index (χ4v) is 12.1. The number of hydrogen-bond acceptors (Lipinski definition) is 11. The van der Waals surface area contributed by atoms with Gasteiger partial charge in [0, 0.05) is 41.6 Å². The molecule has 17 heteroatoms. The second-order valence-corrected chi connectivity index (χ2v) is 22.6. The second kappa shape index (κ2) is 17.3. The Morgan fingerprint density at radius 2 is 1.79 bits per heavy atom. The van der Waals surface area contributed by atoms with Crippen molar-refractivity contribution in [1.29, 1.82) is 0 Å². The van der Waals surface area contributed by atoms with Crippen molar-refractivity contribution in [2.45, 2.75) is 139 Å². The number of benzene rings is 1. The molecule has 4 saturated carbocycles. The van der Waals surface area contributed by atoms with Crippen LogP contribution in [0.15, 0.2) is 54.7 Å². The van der Waals surface area contributed by atoms with E-state index in [2.05, 4.69) is 21.9 Å². The van der Waals surface area contributed by atoms with Crippen molar-refractivity contribution < 1.29 is 46.9 Å². The number of carbonyl (C=O) groups excluding carboxylic acids is 3. The minimum atomic E-state index is -4.05. The van der Waals surface area contributed by atoms with E-state index in [1.165, 1.54) is 9.80 Å². The van der Waals surface area contributed by atoms with Gasteiger partial charge in [0.1, 0.15) is 29.5 Å². The molecule has 4 amide bonds. The molecule has 2 unspecified atom stereocenters. The number of hydrogen-bond donors (Lipinski definition) is 3. The van der Waals surface area contributed by atoms with E-state index in [1.807, 2.05) is 57.2 Å². The smallest absolute Gasteiger partial charge is 0.408 e. The number of ether oxygens (including phenoxy) is 3. The lowest BCUT2D eigenvalue weighted by molar-refractivity contribution is -0.145. The number of fused-ring (bicyclic) bond motifs is 4. The fraction of sp³-hybridized carbons (Fsp3) is 0.592. The molecule has 4 heterocycles. The third kappa shape index (κ3) is 8.91. The van der Waals surface area contributed by atoms with Crippen LogP contribution in [0.4, 0.5) is 4.79 Å². The first-order valence-corrected chi connectivity index (χ1v) is 25.0. The Labute approximate surface area is 386 Å². The highest BCUT2D eigenvalue weighted by molar-refractivity contribution is 7.91. The minimum absolute atomic E-state index is 0.0172. The van der Waals surface area contributed by atoms with Gasteiger partial charge in [-0.15, -0.1) is 0 Å². The molecule has 4 aliphatic carbocycles. The lowest BCUT2D eigenvalue weighted by atomic mass is 9.86.